The van der Waals surface area contributed by atoms with E-state index in [1.165, 1.54) is 0 Å². The first kappa shape index (κ1) is 6.09. The van der Waals surface area contributed by atoms with Gasteiger partial charge in [-0.05, 0) is 5.82 Å². The van der Waals surface area contributed by atoms with E-state index in [0.717, 1.165) is 0 Å². The fourth-order valence-electron chi connectivity index (χ4n) is 0.157. The molecule has 0 N–H and O–H groups in total. The second kappa shape index (κ2) is 3.29. The predicted molar refractivity (Wildman–Crippen MR) is 27.7 cm³/mol. The zero-order valence-corrected chi connectivity index (χ0v) is 4.14. The molecule has 3 radical (unpaired) electrons. The molecule has 0 bridgehead atoms. The Hall–Kier alpha value is 0.0899. The van der Waals surface area contributed by atoms with E-state index in [4.69, 9.17) is 0 Å². The molecule has 0 saturated carbocycles. The van der Waals surface area contributed by atoms with E-state index >= 15 is 0 Å². The molecule has 0 atom stereocenters. The van der Waals surface area contributed by atoms with Crippen LogP contribution in [0.3, 0.4) is 0 Å². The molecule has 31 valence electrons. The van der Waals surface area contributed by atoms with Gasteiger partial charge in [0.2, 0.25) is 0 Å². The monoisotopic (exact) mass is 81.1 g/mol. The third-order valence-electron chi connectivity index (χ3n) is 0.351. The van der Waals surface area contributed by atoms with Crippen LogP contribution in [0.5, 0.6) is 0 Å². The van der Waals surface area contributed by atoms with Crippen molar-refractivity contribution >= 4 is 15.5 Å². The summed E-state index contributed by atoms with van der Waals surface area (Å²) in [4.78, 5) is 0. The molecule has 0 aromatic carbocycles. The molecule has 1 nitrogen and oxygen atoms in total. The van der Waals surface area contributed by atoms with Gasteiger partial charge in [0, 0.05) is 0 Å². The van der Waals surface area contributed by atoms with Crippen LogP contribution in [-0.4, -0.2) is 15.5 Å². The van der Waals surface area contributed by atoms with Crippen LogP contribution in [0.4, 0.5) is 0 Å². The van der Waals surface area contributed by atoms with Crippen LogP contribution in [0.2, 0.25) is 5.82 Å². The predicted octanol–water partition coefficient (Wildman–Crippen LogP) is 0.534. The smallest absolute Gasteiger partial charge is 0.275 e. The van der Waals surface area contributed by atoms with Crippen LogP contribution in [0, 0.1) is 0 Å². The van der Waals surface area contributed by atoms with Gasteiger partial charge in [-0.2, -0.15) is 0 Å². The molecule has 0 aromatic heterocycles. The van der Waals surface area contributed by atoms with Crippen molar-refractivity contribution in [2.24, 2.45) is 0 Å². The van der Waals surface area contributed by atoms with Crippen molar-refractivity contribution < 1.29 is 4.57 Å². The molecule has 0 heterocycles. The van der Waals surface area contributed by atoms with Crippen LogP contribution in [-0.2, 0) is 4.57 Å². The maximum Gasteiger partial charge on any atom is 0.275 e. The van der Waals surface area contributed by atoms with E-state index in [1.54, 1.807) is 7.48 Å². The second-order valence-electron chi connectivity index (χ2n) is 1.52. The summed E-state index contributed by atoms with van der Waals surface area (Å²) in [5.74, 6) is 0.426. The lowest BCUT2D eigenvalue weighted by molar-refractivity contribution is 0.644. The minimum absolute atomic E-state index is 0.426. The third-order valence-corrected chi connectivity index (χ3v) is 0.351. The molecule has 0 aliphatic rings. The van der Waals surface area contributed by atoms with E-state index in [9.17, 15) is 0 Å². The van der Waals surface area contributed by atoms with Crippen LogP contribution < -0.4 is 0 Å². The molecule has 0 spiro atoms. The highest BCUT2D eigenvalue weighted by molar-refractivity contribution is 6.35. The Balaban J connectivity index is 2.63. The fourth-order valence-corrected chi connectivity index (χ4v) is 0.157. The lowest BCUT2D eigenvalue weighted by atomic mass is 9.83. The Morgan fingerprint density at radius 3 is 2.17 bits per heavy atom. The summed E-state index contributed by atoms with van der Waals surface area (Å²) in [5.41, 5.74) is 0. The van der Waals surface area contributed by atoms with Gasteiger partial charge in [0.1, 0.15) is 0 Å². The molecule has 0 unspecified atom stereocenters. The lowest BCUT2D eigenvalue weighted by Crippen LogP contribution is -1.97. The van der Waals surface area contributed by atoms with Crippen molar-refractivity contribution in [3.05, 3.63) is 0 Å². The first-order valence-corrected chi connectivity index (χ1v) is 1.96. The van der Waals surface area contributed by atoms with E-state index in [2.05, 4.69) is 12.6 Å². The summed E-state index contributed by atoms with van der Waals surface area (Å²) < 4.78 is 4.18. The fraction of sp³-hybridized carbons (Fsp3) is 1.00. The summed E-state index contributed by atoms with van der Waals surface area (Å²) in [6, 6.07) is 0. The highest BCUT2D eigenvalue weighted by atomic mass is 16.4. The molecule has 0 fully saturated rings. The van der Waals surface area contributed by atoms with Crippen molar-refractivity contribution in [2.75, 3.05) is 0 Å². The molecular weight excluding hydrogens is 73.7 g/mol. The average Bonchev–Trinajstić information content (AvgIpc) is 1.35. The minimum Gasteiger partial charge on any atom is -0.510 e. The standard InChI is InChI=1S/C3H7B2O/c1-3(2)5-6-4/h3H,1-2H3. The van der Waals surface area contributed by atoms with Gasteiger partial charge in [-0.15, -0.1) is 0 Å². The van der Waals surface area contributed by atoms with E-state index in [1.807, 2.05) is 13.8 Å². The average molecular weight is 80.7 g/mol. The lowest BCUT2D eigenvalue weighted by Gasteiger charge is -1.94. The molecule has 0 aromatic rings. The Labute approximate surface area is 40.8 Å². The summed E-state index contributed by atoms with van der Waals surface area (Å²) in [7, 11) is 6.24. The number of hydrogen-bond acceptors (Lipinski definition) is 1. The maximum atomic E-state index is 4.67. The van der Waals surface area contributed by atoms with Crippen LogP contribution in [0.25, 0.3) is 0 Å². The first-order chi connectivity index (χ1) is 2.77. The Kier molecular flexibility index (Phi) is 3.34. The summed E-state index contributed by atoms with van der Waals surface area (Å²) in [6.07, 6.45) is 0. The first-order valence-electron chi connectivity index (χ1n) is 1.96. The minimum atomic E-state index is 0.426. The molecular formula is C3H7B2O. The Bertz CT molecular complexity index is 30.0. The highest BCUT2D eigenvalue weighted by Gasteiger charge is 1.90. The number of rotatable bonds is 2. The van der Waals surface area contributed by atoms with E-state index < -0.39 is 0 Å². The SMILES string of the molecule is [B]O[B]C(C)C. The molecule has 0 saturated heterocycles. The van der Waals surface area contributed by atoms with Gasteiger partial charge in [0.05, 0.1) is 0 Å². The summed E-state index contributed by atoms with van der Waals surface area (Å²) in [5, 5.41) is 0. The van der Waals surface area contributed by atoms with Crippen LogP contribution in [0.15, 0.2) is 0 Å². The van der Waals surface area contributed by atoms with Gasteiger partial charge >= 0.3 is 0 Å². The van der Waals surface area contributed by atoms with E-state index in [0.29, 0.717) is 5.82 Å². The van der Waals surface area contributed by atoms with Crippen molar-refractivity contribution in [2.45, 2.75) is 19.7 Å². The number of hydrogen-bond donors (Lipinski definition) is 0. The van der Waals surface area contributed by atoms with Gasteiger partial charge in [-0.3, -0.25) is 0 Å². The molecule has 0 amide bonds. The maximum absolute atomic E-state index is 4.67. The van der Waals surface area contributed by atoms with Gasteiger partial charge in [0.25, 0.3) is 15.5 Å². The molecule has 0 aliphatic carbocycles. The molecule has 0 rings (SSSR count). The Morgan fingerprint density at radius 1 is 1.67 bits per heavy atom. The highest BCUT2D eigenvalue weighted by Crippen LogP contribution is 1.93. The molecule has 3 heteroatoms. The third kappa shape index (κ3) is 4.09. The molecule has 0 aliphatic heterocycles. The van der Waals surface area contributed by atoms with Crippen molar-refractivity contribution in [3.8, 4) is 0 Å². The van der Waals surface area contributed by atoms with Gasteiger partial charge in [0.15, 0.2) is 0 Å². The molecule has 6 heavy (non-hydrogen) atoms. The quantitative estimate of drug-likeness (QED) is 0.440. The zero-order chi connectivity index (χ0) is 4.99. The van der Waals surface area contributed by atoms with Crippen LogP contribution >= 0.6 is 0 Å². The van der Waals surface area contributed by atoms with Crippen LogP contribution in [0.1, 0.15) is 13.8 Å². The normalized spacial score (nSPS) is 9.17. The summed E-state index contributed by atoms with van der Waals surface area (Å²) in [6.45, 7) is 3.99. The second-order valence-corrected chi connectivity index (χ2v) is 1.52. The van der Waals surface area contributed by atoms with Crippen molar-refractivity contribution in [1.29, 1.82) is 0 Å². The van der Waals surface area contributed by atoms with E-state index in [-0.39, 0.29) is 0 Å². The largest absolute Gasteiger partial charge is 0.510 e. The van der Waals surface area contributed by atoms with Gasteiger partial charge in [-0.1, -0.05) is 13.8 Å². The van der Waals surface area contributed by atoms with Crippen molar-refractivity contribution in [1.82, 2.24) is 0 Å². The zero-order valence-electron chi connectivity index (χ0n) is 4.14. The topological polar surface area (TPSA) is 9.23 Å². The van der Waals surface area contributed by atoms with Gasteiger partial charge in [-0.25, -0.2) is 0 Å². The summed E-state index contributed by atoms with van der Waals surface area (Å²) >= 11 is 0. The van der Waals surface area contributed by atoms with Crippen molar-refractivity contribution in [3.63, 3.8) is 0 Å². The van der Waals surface area contributed by atoms with Gasteiger partial charge < -0.3 is 4.57 Å². The Morgan fingerprint density at radius 2 is 2.17 bits per heavy atom.